The van der Waals surface area contributed by atoms with Gasteiger partial charge in [0.1, 0.15) is 32.4 Å². The molecule has 3 N–H and O–H groups in total. The van der Waals surface area contributed by atoms with Crippen molar-refractivity contribution in [1.82, 2.24) is 4.98 Å². The van der Waals surface area contributed by atoms with Gasteiger partial charge in [-0.05, 0) is 18.2 Å². The number of rotatable bonds is 4. The summed E-state index contributed by atoms with van der Waals surface area (Å²) in [5.74, 6) is 0.475. The number of anilines is 2. The molecular weight excluding hydrogens is 383 g/mol. The molecule has 0 radical (unpaired) electrons. The molecule has 10 heteroatoms. The molecule has 2 aromatic rings. The molecule has 2 aromatic heterocycles. The number of piperazine rings is 1. The van der Waals surface area contributed by atoms with Crippen LogP contribution in [0.3, 0.4) is 0 Å². The van der Waals surface area contributed by atoms with Gasteiger partial charge in [0.15, 0.2) is 11.7 Å². The summed E-state index contributed by atoms with van der Waals surface area (Å²) in [5, 5.41) is 2.98. The highest BCUT2D eigenvalue weighted by molar-refractivity contribution is 6.32. The van der Waals surface area contributed by atoms with Crippen LogP contribution in [0.25, 0.3) is 0 Å². The molecule has 0 unspecified atom stereocenters. The topological polar surface area (TPSA) is 63.8 Å². The van der Waals surface area contributed by atoms with Crippen LogP contribution in [0.15, 0.2) is 36.7 Å². The first-order chi connectivity index (χ1) is 12.8. The second kappa shape index (κ2) is 8.10. The standard InChI is InChI=1S/C17H17ClF3N5O/c18-16-13(2-1-5-22-16)24-15(27)11-25-6-8-26(9-7-25)14-4-3-12(10-23-14)17(19,20)21/h1-5,10H,6-9,11H2,(H,24,27)/p+2. The number of carbonyl (C=O) groups excluding carboxylic acids is 1. The van der Waals surface area contributed by atoms with Crippen LogP contribution in [0.1, 0.15) is 5.56 Å². The first-order valence-electron chi connectivity index (χ1n) is 8.41. The third-order valence-electron chi connectivity index (χ3n) is 4.38. The largest absolute Gasteiger partial charge is 0.419 e. The van der Waals surface area contributed by atoms with E-state index in [0.29, 0.717) is 37.7 Å². The van der Waals surface area contributed by atoms with E-state index in [-0.39, 0.29) is 17.6 Å². The average Bonchev–Trinajstić information content (AvgIpc) is 2.64. The maximum atomic E-state index is 12.6. The highest BCUT2D eigenvalue weighted by Gasteiger charge is 2.33. The van der Waals surface area contributed by atoms with Crippen LogP contribution in [0, 0.1) is 0 Å². The van der Waals surface area contributed by atoms with Gasteiger partial charge >= 0.3 is 6.18 Å². The van der Waals surface area contributed by atoms with Crippen molar-refractivity contribution >= 4 is 29.0 Å². The van der Waals surface area contributed by atoms with E-state index >= 15 is 0 Å². The summed E-state index contributed by atoms with van der Waals surface area (Å²) >= 11 is 5.92. The first kappa shape index (κ1) is 19.4. The van der Waals surface area contributed by atoms with Crippen LogP contribution in [0.2, 0.25) is 5.15 Å². The Bertz CT molecular complexity index is 792. The lowest BCUT2D eigenvalue weighted by molar-refractivity contribution is -0.892. The molecule has 0 spiro atoms. The fourth-order valence-electron chi connectivity index (χ4n) is 2.93. The monoisotopic (exact) mass is 401 g/mol. The fraction of sp³-hybridized carbons (Fsp3) is 0.353. The molecule has 0 aromatic carbocycles. The summed E-state index contributed by atoms with van der Waals surface area (Å²) in [4.78, 5) is 21.8. The van der Waals surface area contributed by atoms with Crippen LogP contribution in [0.4, 0.5) is 24.7 Å². The molecule has 1 amide bonds. The van der Waals surface area contributed by atoms with E-state index in [1.165, 1.54) is 6.07 Å². The van der Waals surface area contributed by atoms with Crippen LogP contribution in [0.5, 0.6) is 0 Å². The molecule has 3 heterocycles. The minimum absolute atomic E-state index is 0.158. The molecule has 0 bridgehead atoms. The highest BCUT2D eigenvalue weighted by atomic mass is 35.5. The molecule has 27 heavy (non-hydrogen) atoms. The molecule has 1 aliphatic heterocycles. The molecule has 1 aliphatic rings. The van der Waals surface area contributed by atoms with E-state index in [2.05, 4.69) is 15.3 Å². The normalized spacial score (nSPS) is 15.6. The number of hydrogen-bond acceptors (Lipinski definition) is 3. The number of carbonyl (C=O) groups is 1. The van der Waals surface area contributed by atoms with Crippen LogP contribution >= 0.6 is 11.6 Å². The second-order valence-corrected chi connectivity index (χ2v) is 6.62. The number of halogens is 4. The fourth-order valence-corrected chi connectivity index (χ4v) is 3.10. The van der Waals surface area contributed by atoms with Crippen molar-refractivity contribution in [1.29, 1.82) is 0 Å². The predicted octanol–water partition coefficient (Wildman–Crippen LogP) is 0.912. The van der Waals surface area contributed by atoms with Gasteiger partial charge in [0.2, 0.25) is 0 Å². The number of H-pyrrole nitrogens is 1. The van der Waals surface area contributed by atoms with Gasteiger partial charge in [-0.1, -0.05) is 11.6 Å². The summed E-state index contributed by atoms with van der Waals surface area (Å²) in [5.41, 5.74) is -0.234. The molecule has 0 atom stereocenters. The number of quaternary nitrogens is 1. The van der Waals surface area contributed by atoms with Crippen molar-refractivity contribution in [2.45, 2.75) is 6.18 Å². The molecule has 0 saturated carbocycles. The lowest BCUT2D eigenvalue weighted by Crippen LogP contribution is -3.15. The first-order valence-corrected chi connectivity index (χ1v) is 8.78. The van der Waals surface area contributed by atoms with Gasteiger partial charge in [0.05, 0.1) is 11.3 Å². The summed E-state index contributed by atoms with van der Waals surface area (Å²) in [6.45, 7) is 2.96. The Morgan fingerprint density at radius 2 is 2.04 bits per heavy atom. The Labute approximate surface area is 159 Å². The number of aromatic nitrogens is 2. The number of pyridine rings is 2. The molecule has 144 valence electrons. The van der Waals surface area contributed by atoms with Gasteiger partial charge in [0, 0.05) is 12.3 Å². The van der Waals surface area contributed by atoms with Gasteiger partial charge in [-0.2, -0.15) is 13.2 Å². The molecular formula is C17H19ClF3N5O+2. The highest BCUT2D eigenvalue weighted by Crippen LogP contribution is 2.28. The number of aromatic amines is 1. The Kier molecular flexibility index (Phi) is 5.81. The van der Waals surface area contributed by atoms with E-state index in [9.17, 15) is 18.0 Å². The lowest BCUT2D eigenvalue weighted by atomic mass is 10.2. The van der Waals surface area contributed by atoms with E-state index in [4.69, 9.17) is 11.6 Å². The Morgan fingerprint density at radius 3 is 2.63 bits per heavy atom. The SMILES string of the molecule is O=C(C[NH+]1CCN(c2ccc(C(F)(F)F)c[nH+]2)CC1)Nc1cccnc1Cl. The average molecular weight is 402 g/mol. The zero-order valence-corrected chi connectivity index (χ0v) is 15.1. The Balaban J connectivity index is 1.50. The molecule has 3 rings (SSSR count). The summed E-state index contributed by atoms with van der Waals surface area (Å²) in [7, 11) is 0. The Hall–Kier alpha value is -2.39. The third-order valence-corrected chi connectivity index (χ3v) is 4.68. The minimum Gasteiger partial charge on any atom is -0.321 e. The van der Waals surface area contributed by atoms with E-state index in [1.807, 2.05) is 4.90 Å². The molecule has 0 aliphatic carbocycles. The maximum absolute atomic E-state index is 12.6. The van der Waals surface area contributed by atoms with E-state index < -0.39 is 11.7 Å². The molecule has 6 nitrogen and oxygen atoms in total. The maximum Gasteiger partial charge on any atom is 0.419 e. The lowest BCUT2D eigenvalue weighted by Gasteiger charge is -2.28. The van der Waals surface area contributed by atoms with Crippen LogP contribution in [-0.4, -0.2) is 43.6 Å². The van der Waals surface area contributed by atoms with Gasteiger partial charge < -0.3 is 10.2 Å². The van der Waals surface area contributed by atoms with Crippen molar-refractivity contribution in [3.05, 3.63) is 47.4 Å². The summed E-state index contributed by atoms with van der Waals surface area (Å²) in [6, 6.07) is 5.87. The number of nitrogens with zero attached hydrogens (tertiary/aromatic N) is 2. The van der Waals surface area contributed by atoms with Gasteiger partial charge in [0.25, 0.3) is 11.7 Å². The zero-order chi connectivity index (χ0) is 19.4. The van der Waals surface area contributed by atoms with Crippen molar-refractivity contribution in [2.24, 2.45) is 0 Å². The quantitative estimate of drug-likeness (QED) is 0.749. The Morgan fingerprint density at radius 1 is 1.30 bits per heavy atom. The smallest absolute Gasteiger partial charge is 0.321 e. The molecule has 1 fully saturated rings. The van der Waals surface area contributed by atoms with E-state index in [0.717, 1.165) is 17.2 Å². The molecule has 1 saturated heterocycles. The minimum atomic E-state index is -4.36. The van der Waals surface area contributed by atoms with Crippen LogP contribution in [-0.2, 0) is 11.0 Å². The van der Waals surface area contributed by atoms with Crippen molar-refractivity contribution < 1.29 is 27.8 Å². The second-order valence-electron chi connectivity index (χ2n) is 6.26. The van der Waals surface area contributed by atoms with Crippen LogP contribution < -0.4 is 20.1 Å². The number of nitrogens with one attached hydrogen (secondary N) is 3. The number of amides is 1. The van der Waals surface area contributed by atoms with Gasteiger partial charge in [-0.15, -0.1) is 0 Å². The van der Waals surface area contributed by atoms with Crippen molar-refractivity contribution in [2.75, 3.05) is 42.9 Å². The van der Waals surface area contributed by atoms with Crippen molar-refractivity contribution in [3.8, 4) is 0 Å². The predicted molar refractivity (Wildman–Crippen MR) is 93.7 cm³/mol. The number of alkyl halides is 3. The van der Waals surface area contributed by atoms with Crippen molar-refractivity contribution in [3.63, 3.8) is 0 Å². The van der Waals surface area contributed by atoms with E-state index in [1.54, 1.807) is 18.3 Å². The number of hydrogen-bond donors (Lipinski definition) is 2. The van der Waals surface area contributed by atoms with Gasteiger partial charge in [-0.3, -0.25) is 9.69 Å². The summed E-state index contributed by atoms with van der Waals surface area (Å²) in [6.07, 6.45) is -1.84. The third kappa shape index (κ3) is 5.08. The van der Waals surface area contributed by atoms with Gasteiger partial charge in [-0.25, -0.2) is 9.97 Å². The zero-order valence-electron chi connectivity index (χ0n) is 14.3. The summed E-state index contributed by atoms with van der Waals surface area (Å²) < 4.78 is 37.9.